The Morgan fingerprint density at radius 3 is 2.24 bits per heavy atom. The molecule has 0 aliphatic rings. The van der Waals surface area contributed by atoms with Crippen molar-refractivity contribution in [2.75, 3.05) is 19.8 Å². The van der Waals surface area contributed by atoms with Crippen LogP contribution in [0.2, 0.25) is 0 Å². The highest BCUT2D eigenvalue weighted by molar-refractivity contribution is 7.89. The highest BCUT2D eigenvalue weighted by Crippen LogP contribution is 2.22. The van der Waals surface area contributed by atoms with Crippen molar-refractivity contribution in [3.8, 4) is 11.5 Å². The third kappa shape index (κ3) is 5.16. The molecule has 0 saturated carbocycles. The van der Waals surface area contributed by atoms with Gasteiger partial charge in [-0.2, -0.15) is 0 Å². The maximum atomic E-state index is 12.2. The van der Waals surface area contributed by atoms with Gasteiger partial charge in [0.2, 0.25) is 10.0 Å². The Labute approximate surface area is 145 Å². The van der Waals surface area contributed by atoms with Gasteiger partial charge in [-0.05, 0) is 37.3 Å². The third-order valence-electron chi connectivity index (χ3n) is 3.15. The summed E-state index contributed by atoms with van der Waals surface area (Å²) >= 11 is 0. The normalized spacial score (nSPS) is 11.1. The maximum Gasteiger partial charge on any atom is 0.289 e. The number of nitrogens with zero attached hydrogens (tertiary/aromatic N) is 1. The monoisotopic (exact) mass is 366 g/mol. The lowest BCUT2D eigenvalue weighted by Gasteiger charge is -2.09. The Morgan fingerprint density at radius 1 is 1.04 bits per heavy atom. The molecular formula is C16H18N2O6S. The van der Waals surface area contributed by atoms with Crippen LogP contribution in [0.3, 0.4) is 0 Å². The first-order valence-electron chi connectivity index (χ1n) is 7.53. The summed E-state index contributed by atoms with van der Waals surface area (Å²) in [5.74, 6) is 1.28. The smallest absolute Gasteiger partial charge is 0.289 e. The molecule has 2 aromatic rings. The molecule has 134 valence electrons. The van der Waals surface area contributed by atoms with E-state index in [1.165, 1.54) is 18.2 Å². The predicted molar refractivity (Wildman–Crippen MR) is 91.4 cm³/mol. The van der Waals surface area contributed by atoms with Crippen molar-refractivity contribution < 1.29 is 22.8 Å². The van der Waals surface area contributed by atoms with Crippen LogP contribution in [0.4, 0.5) is 5.69 Å². The van der Waals surface area contributed by atoms with Crippen LogP contribution in [0.5, 0.6) is 11.5 Å². The molecule has 0 radical (unpaired) electrons. The van der Waals surface area contributed by atoms with E-state index in [9.17, 15) is 18.5 Å². The van der Waals surface area contributed by atoms with Gasteiger partial charge >= 0.3 is 0 Å². The summed E-state index contributed by atoms with van der Waals surface area (Å²) in [5, 5.41) is 10.9. The van der Waals surface area contributed by atoms with Crippen LogP contribution in [-0.2, 0) is 10.0 Å². The fraction of sp³-hybridized carbons (Fsp3) is 0.250. The number of nitro benzene ring substituents is 1. The number of rotatable bonds is 9. The number of ether oxygens (including phenoxy) is 2. The zero-order valence-corrected chi connectivity index (χ0v) is 14.4. The zero-order chi connectivity index (χ0) is 18.3. The molecular weight excluding hydrogens is 348 g/mol. The molecule has 1 N–H and O–H groups in total. The van der Waals surface area contributed by atoms with E-state index < -0.39 is 20.6 Å². The van der Waals surface area contributed by atoms with Crippen molar-refractivity contribution >= 4 is 15.7 Å². The van der Waals surface area contributed by atoms with Gasteiger partial charge in [-0.25, -0.2) is 13.1 Å². The summed E-state index contributed by atoms with van der Waals surface area (Å²) in [6.45, 7) is 2.50. The lowest BCUT2D eigenvalue weighted by molar-refractivity contribution is -0.387. The molecule has 0 heterocycles. The summed E-state index contributed by atoms with van der Waals surface area (Å²) in [6.07, 6.45) is 0. The molecule has 0 unspecified atom stereocenters. The van der Waals surface area contributed by atoms with Crippen LogP contribution in [-0.4, -0.2) is 33.1 Å². The number of hydrogen-bond donors (Lipinski definition) is 1. The van der Waals surface area contributed by atoms with Gasteiger partial charge in [0.1, 0.15) is 18.1 Å². The summed E-state index contributed by atoms with van der Waals surface area (Å²) in [4.78, 5) is 9.83. The van der Waals surface area contributed by atoms with Crippen LogP contribution in [0.1, 0.15) is 6.92 Å². The fourth-order valence-electron chi connectivity index (χ4n) is 2.06. The number of para-hydroxylation sites is 1. The standard InChI is InChI=1S/C16H18N2O6S/c1-2-23-13-7-9-14(10-8-13)24-12-11-17-25(21,22)16-6-4-3-5-15(16)18(19)20/h3-10,17H,2,11-12H2,1H3. The molecule has 0 bridgehead atoms. The van der Waals surface area contributed by atoms with Gasteiger partial charge in [0.25, 0.3) is 5.69 Å². The quantitative estimate of drug-likeness (QED) is 0.415. The summed E-state index contributed by atoms with van der Waals surface area (Å²) < 4.78 is 37.4. The van der Waals surface area contributed by atoms with Crippen molar-refractivity contribution in [1.29, 1.82) is 0 Å². The lowest BCUT2D eigenvalue weighted by atomic mass is 10.3. The molecule has 0 amide bonds. The molecule has 2 aromatic carbocycles. The van der Waals surface area contributed by atoms with E-state index >= 15 is 0 Å². The molecule has 0 saturated heterocycles. The Kier molecular flexibility index (Phi) is 6.31. The molecule has 2 rings (SSSR count). The van der Waals surface area contributed by atoms with E-state index in [1.54, 1.807) is 24.3 Å². The van der Waals surface area contributed by atoms with Gasteiger partial charge in [0.15, 0.2) is 4.90 Å². The molecule has 0 fully saturated rings. The second kappa shape index (κ2) is 8.45. The SMILES string of the molecule is CCOc1ccc(OCCNS(=O)(=O)c2ccccc2[N+](=O)[O-])cc1. The van der Waals surface area contributed by atoms with Gasteiger partial charge in [0, 0.05) is 12.6 Å². The summed E-state index contributed by atoms with van der Waals surface area (Å²) in [5.41, 5.74) is -0.470. The Bertz CT molecular complexity index is 821. The first-order valence-corrected chi connectivity index (χ1v) is 9.01. The fourth-order valence-corrected chi connectivity index (χ4v) is 3.24. The minimum absolute atomic E-state index is 0.0262. The van der Waals surface area contributed by atoms with Crippen LogP contribution in [0.15, 0.2) is 53.4 Å². The van der Waals surface area contributed by atoms with Crippen molar-refractivity contribution in [1.82, 2.24) is 4.72 Å². The highest BCUT2D eigenvalue weighted by Gasteiger charge is 2.24. The van der Waals surface area contributed by atoms with Crippen LogP contribution in [0.25, 0.3) is 0 Å². The number of hydrogen-bond acceptors (Lipinski definition) is 6. The number of benzene rings is 2. The van der Waals surface area contributed by atoms with Crippen molar-refractivity contribution in [2.24, 2.45) is 0 Å². The minimum atomic E-state index is -4.00. The molecule has 8 nitrogen and oxygen atoms in total. The third-order valence-corrected chi connectivity index (χ3v) is 4.66. The first-order chi connectivity index (χ1) is 11.9. The van der Waals surface area contributed by atoms with E-state index in [4.69, 9.17) is 9.47 Å². The number of nitro groups is 1. The topological polar surface area (TPSA) is 108 Å². The molecule has 0 spiro atoms. The Balaban J connectivity index is 1.91. The maximum absolute atomic E-state index is 12.2. The van der Waals surface area contributed by atoms with E-state index in [0.717, 1.165) is 6.07 Å². The average Bonchev–Trinajstić information content (AvgIpc) is 2.60. The van der Waals surface area contributed by atoms with Crippen LogP contribution >= 0.6 is 0 Å². The van der Waals surface area contributed by atoms with Gasteiger partial charge in [-0.15, -0.1) is 0 Å². The van der Waals surface area contributed by atoms with Gasteiger partial charge in [-0.3, -0.25) is 10.1 Å². The minimum Gasteiger partial charge on any atom is -0.494 e. The molecule has 0 atom stereocenters. The van der Waals surface area contributed by atoms with E-state index in [0.29, 0.717) is 18.1 Å². The van der Waals surface area contributed by atoms with Crippen molar-refractivity contribution in [2.45, 2.75) is 11.8 Å². The van der Waals surface area contributed by atoms with E-state index in [1.807, 2.05) is 6.92 Å². The molecule has 0 aliphatic heterocycles. The van der Waals surface area contributed by atoms with Gasteiger partial charge in [0.05, 0.1) is 11.5 Å². The number of sulfonamides is 1. The van der Waals surface area contributed by atoms with Crippen molar-refractivity contribution in [3.05, 3.63) is 58.6 Å². The van der Waals surface area contributed by atoms with Gasteiger partial charge in [-0.1, -0.05) is 12.1 Å². The van der Waals surface area contributed by atoms with Crippen LogP contribution in [0, 0.1) is 10.1 Å². The Hall–Kier alpha value is -2.65. The molecule has 9 heteroatoms. The van der Waals surface area contributed by atoms with E-state index in [-0.39, 0.29) is 18.0 Å². The first kappa shape index (κ1) is 18.7. The molecule has 0 aliphatic carbocycles. The lowest BCUT2D eigenvalue weighted by Crippen LogP contribution is -2.28. The average molecular weight is 366 g/mol. The molecule has 25 heavy (non-hydrogen) atoms. The highest BCUT2D eigenvalue weighted by atomic mass is 32.2. The second-order valence-electron chi connectivity index (χ2n) is 4.88. The largest absolute Gasteiger partial charge is 0.494 e. The van der Waals surface area contributed by atoms with Crippen LogP contribution < -0.4 is 14.2 Å². The number of nitrogens with one attached hydrogen (secondary N) is 1. The summed E-state index contributed by atoms with van der Waals surface area (Å²) in [7, 11) is -4.00. The Morgan fingerprint density at radius 2 is 1.64 bits per heavy atom. The molecule has 0 aromatic heterocycles. The van der Waals surface area contributed by atoms with E-state index in [2.05, 4.69) is 4.72 Å². The predicted octanol–water partition coefficient (Wildman–Crippen LogP) is 2.35. The van der Waals surface area contributed by atoms with Crippen molar-refractivity contribution in [3.63, 3.8) is 0 Å². The summed E-state index contributed by atoms with van der Waals surface area (Å²) in [6, 6.07) is 12.1. The second-order valence-corrected chi connectivity index (χ2v) is 6.61. The zero-order valence-electron chi connectivity index (χ0n) is 13.5. The van der Waals surface area contributed by atoms with Gasteiger partial charge < -0.3 is 9.47 Å².